The Kier molecular flexibility index (Phi) is 5.28. The van der Waals surface area contributed by atoms with Crippen LogP contribution in [-0.4, -0.2) is 52.1 Å². The SMILES string of the molecule is CC[C@@H]1C[C@H](C(F)(F)F)n2nc(C3CCCN3C(=O)CC3CCCO3)cc2N1. The topological polar surface area (TPSA) is 59.4 Å². The maximum absolute atomic E-state index is 13.6. The molecule has 1 amide bonds. The number of ether oxygens (including phenoxy) is 1. The second-order valence-electron chi connectivity index (χ2n) is 8.03. The monoisotopic (exact) mass is 400 g/mol. The molecule has 1 aromatic heterocycles. The van der Waals surface area contributed by atoms with Gasteiger partial charge in [-0.3, -0.25) is 4.79 Å². The lowest BCUT2D eigenvalue weighted by Crippen LogP contribution is -2.39. The molecule has 28 heavy (non-hydrogen) atoms. The minimum Gasteiger partial charge on any atom is -0.378 e. The van der Waals surface area contributed by atoms with E-state index in [1.54, 1.807) is 11.0 Å². The average Bonchev–Trinajstić information content (AvgIpc) is 3.38. The maximum atomic E-state index is 13.6. The molecule has 4 heterocycles. The fraction of sp³-hybridized carbons (Fsp3) is 0.789. The fourth-order valence-electron chi connectivity index (χ4n) is 4.59. The standard InChI is InChI=1S/C19H27F3N4O2/c1-2-12-9-16(19(20,21)22)26-17(23-12)11-14(24-26)15-6-3-7-25(15)18(27)10-13-5-4-8-28-13/h11-13,15-16,23H,2-10H2,1H3/t12-,13?,15?,16-/m1/s1. The lowest BCUT2D eigenvalue weighted by molar-refractivity contribution is -0.173. The van der Waals surface area contributed by atoms with Crippen LogP contribution in [0, 0.1) is 0 Å². The van der Waals surface area contributed by atoms with Gasteiger partial charge in [0.1, 0.15) is 5.82 Å². The molecule has 0 spiro atoms. The molecule has 9 heteroatoms. The van der Waals surface area contributed by atoms with Gasteiger partial charge in [-0.25, -0.2) is 4.68 Å². The number of carbonyl (C=O) groups excluding carboxylic acids is 1. The smallest absolute Gasteiger partial charge is 0.378 e. The molecule has 156 valence electrons. The summed E-state index contributed by atoms with van der Waals surface area (Å²) in [6.07, 6.45) is -0.0472. The quantitative estimate of drug-likeness (QED) is 0.835. The Hall–Kier alpha value is -1.77. The van der Waals surface area contributed by atoms with Gasteiger partial charge < -0.3 is 15.0 Å². The van der Waals surface area contributed by atoms with E-state index >= 15 is 0 Å². The Morgan fingerprint density at radius 1 is 1.36 bits per heavy atom. The molecule has 6 nitrogen and oxygen atoms in total. The Morgan fingerprint density at radius 3 is 2.86 bits per heavy atom. The number of halogens is 3. The van der Waals surface area contributed by atoms with E-state index in [9.17, 15) is 18.0 Å². The zero-order chi connectivity index (χ0) is 19.9. The van der Waals surface area contributed by atoms with Gasteiger partial charge in [-0.2, -0.15) is 18.3 Å². The Morgan fingerprint density at radius 2 is 2.18 bits per heavy atom. The number of likely N-dealkylation sites (tertiary alicyclic amines) is 1. The number of rotatable bonds is 4. The molecule has 0 aromatic carbocycles. The summed E-state index contributed by atoms with van der Waals surface area (Å²) in [5.41, 5.74) is 0.548. The summed E-state index contributed by atoms with van der Waals surface area (Å²) in [6, 6.07) is -0.421. The van der Waals surface area contributed by atoms with Crippen LogP contribution in [-0.2, 0) is 9.53 Å². The number of nitrogens with one attached hydrogen (secondary N) is 1. The lowest BCUT2D eigenvalue weighted by Gasteiger charge is -2.32. The molecule has 0 aliphatic carbocycles. The van der Waals surface area contributed by atoms with Gasteiger partial charge in [-0.15, -0.1) is 0 Å². The van der Waals surface area contributed by atoms with E-state index in [2.05, 4.69) is 10.4 Å². The number of alkyl halides is 3. The summed E-state index contributed by atoms with van der Waals surface area (Å²) >= 11 is 0. The minimum atomic E-state index is -4.35. The Bertz CT molecular complexity index is 715. The summed E-state index contributed by atoms with van der Waals surface area (Å²) in [5.74, 6) is 0.404. The third-order valence-electron chi connectivity index (χ3n) is 6.12. The number of fused-ring (bicyclic) bond motifs is 1. The van der Waals surface area contributed by atoms with Crippen molar-refractivity contribution in [3.63, 3.8) is 0 Å². The normalized spacial score (nSPS) is 30.4. The molecular formula is C19H27F3N4O2. The van der Waals surface area contributed by atoms with Crippen molar-refractivity contribution in [1.82, 2.24) is 14.7 Å². The molecule has 2 saturated heterocycles. The van der Waals surface area contributed by atoms with Crippen molar-refractivity contribution < 1.29 is 22.7 Å². The number of hydrogen-bond acceptors (Lipinski definition) is 4. The van der Waals surface area contributed by atoms with Crippen molar-refractivity contribution >= 4 is 11.7 Å². The van der Waals surface area contributed by atoms with Crippen LogP contribution in [0.15, 0.2) is 6.07 Å². The number of nitrogens with zero attached hydrogens (tertiary/aromatic N) is 3. The molecule has 3 aliphatic rings. The van der Waals surface area contributed by atoms with Crippen molar-refractivity contribution in [2.45, 2.75) is 82.3 Å². The predicted octanol–water partition coefficient (Wildman–Crippen LogP) is 3.81. The van der Waals surface area contributed by atoms with Crippen molar-refractivity contribution in [3.8, 4) is 0 Å². The zero-order valence-corrected chi connectivity index (χ0v) is 16.0. The molecular weight excluding hydrogens is 373 g/mol. The van der Waals surface area contributed by atoms with Gasteiger partial charge in [0.15, 0.2) is 6.04 Å². The van der Waals surface area contributed by atoms with Gasteiger partial charge in [-0.05, 0) is 38.5 Å². The molecule has 4 rings (SSSR count). The first kappa shape index (κ1) is 19.5. The van der Waals surface area contributed by atoms with E-state index in [1.807, 2.05) is 6.92 Å². The van der Waals surface area contributed by atoms with E-state index in [4.69, 9.17) is 4.74 Å². The van der Waals surface area contributed by atoms with Crippen LogP contribution in [0.4, 0.5) is 19.0 Å². The largest absolute Gasteiger partial charge is 0.410 e. The summed E-state index contributed by atoms with van der Waals surface area (Å²) < 4.78 is 47.4. The average molecular weight is 400 g/mol. The predicted molar refractivity (Wildman–Crippen MR) is 96.9 cm³/mol. The molecule has 2 unspecified atom stereocenters. The summed E-state index contributed by atoms with van der Waals surface area (Å²) in [4.78, 5) is 14.5. The molecule has 1 N–H and O–H groups in total. The first-order valence-corrected chi connectivity index (χ1v) is 10.2. The maximum Gasteiger partial charge on any atom is 0.410 e. The summed E-state index contributed by atoms with van der Waals surface area (Å²) in [7, 11) is 0. The minimum absolute atomic E-state index is 0.00661. The highest BCUT2D eigenvalue weighted by Gasteiger charge is 2.46. The molecule has 2 fully saturated rings. The van der Waals surface area contributed by atoms with Crippen LogP contribution in [0.3, 0.4) is 0 Å². The molecule has 0 radical (unpaired) electrons. The van der Waals surface area contributed by atoms with Crippen molar-refractivity contribution in [2.24, 2.45) is 0 Å². The third kappa shape index (κ3) is 3.73. The van der Waals surface area contributed by atoms with Gasteiger partial charge in [-0.1, -0.05) is 6.92 Å². The van der Waals surface area contributed by atoms with E-state index in [0.717, 1.165) is 30.4 Å². The highest BCUT2D eigenvalue weighted by atomic mass is 19.4. The molecule has 4 atom stereocenters. The first-order chi connectivity index (χ1) is 13.4. The molecule has 0 bridgehead atoms. The van der Waals surface area contributed by atoms with Crippen LogP contribution in [0.2, 0.25) is 0 Å². The van der Waals surface area contributed by atoms with Crippen molar-refractivity contribution in [1.29, 1.82) is 0 Å². The number of amides is 1. The van der Waals surface area contributed by atoms with Crippen molar-refractivity contribution in [3.05, 3.63) is 11.8 Å². The second kappa shape index (κ2) is 7.57. The van der Waals surface area contributed by atoms with Gasteiger partial charge in [0, 0.05) is 25.3 Å². The highest BCUT2D eigenvalue weighted by Crippen LogP contribution is 2.42. The first-order valence-electron chi connectivity index (χ1n) is 10.2. The van der Waals surface area contributed by atoms with E-state index in [-0.39, 0.29) is 30.5 Å². The van der Waals surface area contributed by atoms with Crippen LogP contribution < -0.4 is 5.32 Å². The van der Waals surface area contributed by atoms with E-state index in [0.29, 0.717) is 37.5 Å². The summed E-state index contributed by atoms with van der Waals surface area (Å²) in [5, 5.41) is 7.50. The second-order valence-corrected chi connectivity index (χ2v) is 8.03. The highest BCUT2D eigenvalue weighted by molar-refractivity contribution is 5.77. The number of carbonyl (C=O) groups is 1. The van der Waals surface area contributed by atoms with Crippen LogP contribution >= 0.6 is 0 Å². The number of anilines is 1. The van der Waals surface area contributed by atoms with Crippen LogP contribution in [0.25, 0.3) is 0 Å². The van der Waals surface area contributed by atoms with Crippen molar-refractivity contribution in [2.75, 3.05) is 18.5 Å². The number of hydrogen-bond donors (Lipinski definition) is 1. The van der Waals surface area contributed by atoms with Gasteiger partial charge in [0.25, 0.3) is 0 Å². The van der Waals surface area contributed by atoms with Gasteiger partial charge in [0.2, 0.25) is 5.91 Å². The lowest BCUT2D eigenvalue weighted by atomic mass is 10.0. The Labute approximate surface area is 162 Å². The zero-order valence-electron chi connectivity index (χ0n) is 16.0. The van der Waals surface area contributed by atoms with E-state index in [1.165, 1.54) is 0 Å². The molecule has 0 saturated carbocycles. The van der Waals surface area contributed by atoms with Crippen LogP contribution in [0.1, 0.15) is 69.6 Å². The fourth-order valence-corrected chi connectivity index (χ4v) is 4.59. The Balaban J connectivity index is 1.55. The third-order valence-corrected chi connectivity index (χ3v) is 6.12. The van der Waals surface area contributed by atoms with E-state index < -0.39 is 12.2 Å². The molecule has 3 aliphatic heterocycles. The number of aromatic nitrogens is 2. The van der Waals surface area contributed by atoms with Gasteiger partial charge in [0.05, 0.1) is 24.3 Å². The molecule has 1 aromatic rings. The summed E-state index contributed by atoms with van der Waals surface area (Å²) in [6.45, 7) is 3.19. The van der Waals surface area contributed by atoms with Crippen LogP contribution in [0.5, 0.6) is 0 Å². The van der Waals surface area contributed by atoms with Gasteiger partial charge >= 0.3 is 6.18 Å².